The van der Waals surface area contributed by atoms with Crippen molar-refractivity contribution in [1.29, 1.82) is 0 Å². The van der Waals surface area contributed by atoms with Gasteiger partial charge in [-0.05, 0) is 6.92 Å². The maximum absolute atomic E-state index is 5.56. The average molecular weight is 288 g/mol. The van der Waals surface area contributed by atoms with Crippen LogP contribution in [0.5, 0.6) is 0 Å². The van der Waals surface area contributed by atoms with E-state index in [1.54, 1.807) is 0 Å². The summed E-state index contributed by atoms with van der Waals surface area (Å²) in [5.74, 6) is 0. The summed E-state index contributed by atoms with van der Waals surface area (Å²) in [4.78, 5) is 6.51. The molecule has 1 rings (SSSR count). The smallest absolute Gasteiger partial charge is 0.0814 e. The van der Waals surface area contributed by atoms with E-state index in [-0.39, 0.29) is 0 Å². The lowest BCUT2D eigenvalue weighted by Gasteiger charge is -2.21. The van der Waals surface area contributed by atoms with Gasteiger partial charge in [-0.25, -0.2) is 0 Å². The highest BCUT2D eigenvalue weighted by atomic mass is 16.5. The summed E-state index contributed by atoms with van der Waals surface area (Å²) in [6, 6.07) is 0. The van der Waals surface area contributed by atoms with Crippen molar-refractivity contribution in [1.82, 2.24) is 4.90 Å². The predicted octanol–water partition coefficient (Wildman–Crippen LogP) is 0.459. The fraction of sp³-hybridized carbons (Fsp3) is 0.929. The van der Waals surface area contributed by atoms with E-state index in [1.807, 2.05) is 13.1 Å². The van der Waals surface area contributed by atoms with Gasteiger partial charge in [0, 0.05) is 32.5 Å². The van der Waals surface area contributed by atoms with Crippen molar-refractivity contribution in [2.45, 2.75) is 6.92 Å². The number of hydrogen-bond donors (Lipinski definition) is 0. The van der Waals surface area contributed by atoms with Crippen molar-refractivity contribution in [2.24, 2.45) is 4.99 Å². The summed E-state index contributed by atoms with van der Waals surface area (Å²) >= 11 is 0. The van der Waals surface area contributed by atoms with Gasteiger partial charge in [0.1, 0.15) is 0 Å². The van der Waals surface area contributed by atoms with E-state index in [4.69, 9.17) is 18.9 Å². The van der Waals surface area contributed by atoms with Crippen molar-refractivity contribution in [3.8, 4) is 0 Å². The molecular weight excluding hydrogens is 260 g/mol. The Kier molecular flexibility index (Phi) is 11.8. The van der Waals surface area contributed by atoms with E-state index >= 15 is 0 Å². The summed E-state index contributed by atoms with van der Waals surface area (Å²) < 4.78 is 21.9. The molecular formula is C14H28N2O4. The van der Waals surface area contributed by atoms with Crippen LogP contribution in [0.3, 0.4) is 0 Å². The normalized spacial score (nSPS) is 22.9. The van der Waals surface area contributed by atoms with E-state index in [1.165, 1.54) is 0 Å². The van der Waals surface area contributed by atoms with Gasteiger partial charge in [-0.1, -0.05) is 0 Å². The molecule has 0 amide bonds. The highest BCUT2D eigenvalue weighted by Crippen LogP contribution is 1.92. The Balaban J connectivity index is 2.25. The molecule has 0 aromatic rings. The first-order valence-corrected chi connectivity index (χ1v) is 7.45. The Hall–Kier alpha value is -0.530. The van der Waals surface area contributed by atoms with Crippen LogP contribution in [-0.2, 0) is 18.9 Å². The third-order valence-electron chi connectivity index (χ3n) is 2.92. The lowest BCUT2D eigenvalue weighted by atomic mass is 10.4. The molecule has 1 aliphatic heterocycles. The SMILES string of the molecule is CCOCCN1CCOC/C=N/CCOCCOCC1. The molecule has 0 N–H and O–H groups in total. The largest absolute Gasteiger partial charge is 0.380 e. The summed E-state index contributed by atoms with van der Waals surface area (Å²) in [6.45, 7) is 10.8. The molecule has 6 heteroatoms. The Bertz CT molecular complexity index is 239. The first kappa shape index (κ1) is 17.5. The molecule has 0 saturated heterocycles. The molecule has 0 radical (unpaired) electrons. The standard InChI is InChI=1S/C14H28N2O4/c1-2-17-10-5-16-6-11-18-8-3-15-4-9-19-13-14-20-12-7-16/h3H,2,4-14H2,1H3/b15-3+. The number of ether oxygens (including phenoxy) is 4. The predicted molar refractivity (Wildman–Crippen MR) is 78.7 cm³/mol. The molecule has 1 aliphatic rings. The maximum Gasteiger partial charge on any atom is 0.0814 e. The summed E-state index contributed by atoms with van der Waals surface area (Å²) in [7, 11) is 0. The topological polar surface area (TPSA) is 52.5 Å². The van der Waals surface area contributed by atoms with E-state index in [0.29, 0.717) is 46.2 Å². The minimum absolute atomic E-state index is 0.565. The number of nitrogens with zero attached hydrogens (tertiary/aromatic N) is 2. The van der Waals surface area contributed by atoms with Crippen LogP contribution in [0, 0.1) is 0 Å². The van der Waals surface area contributed by atoms with Gasteiger partial charge < -0.3 is 18.9 Å². The second kappa shape index (κ2) is 13.5. The second-order valence-electron chi connectivity index (χ2n) is 4.43. The zero-order valence-corrected chi connectivity index (χ0v) is 12.6. The van der Waals surface area contributed by atoms with Gasteiger partial charge in [0.15, 0.2) is 0 Å². The molecule has 0 unspecified atom stereocenters. The molecule has 0 aromatic carbocycles. The van der Waals surface area contributed by atoms with Gasteiger partial charge in [0.25, 0.3) is 0 Å². The van der Waals surface area contributed by atoms with Crippen molar-refractivity contribution in [2.75, 3.05) is 79.0 Å². The zero-order chi connectivity index (χ0) is 14.3. The minimum Gasteiger partial charge on any atom is -0.380 e. The summed E-state index contributed by atoms with van der Waals surface area (Å²) in [6.07, 6.45) is 1.81. The molecule has 0 fully saturated rings. The van der Waals surface area contributed by atoms with Crippen molar-refractivity contribution in [3.05, 3.63) is 0 Å². The molecule has 0 aliphatic carbocycles. The Morgan fingerprint density at radius 3 is 2.60 bits per heavy atom. The molecule has 0 saturated carbocycles. The quantitative estimate of drug-likeness (QED) is 0.704. The van der Waals surface area contributed by atoms with Crippen molar-refractivity contribution < 1.29 is 18.9 Å². The first-order chi connectivity index (χ1) is 9.93. The maximum atomic E-state index is 5.56. The number of hydrogen-bond acceptors (Lipinski definition) is 6. The number of aliphatic imine (C=N–C) groups is 1. The first-order valence-electron chi connectivity index (χ1n) is 7.45. The van der Waals surface area contributed by atoms with E-state index in [0.717, 1.165) is 32.8 Å². The van der Waals surface area contributed by atoms with Crippen molar-refractivity contribution >= 4 is 6.21 Å². The molecule has 0 spiro atoms. The highest BCUT2D eigenvalue weighted by Gasteiger charge is 2.05. The third kappa shape index (κ3) is 10.3. The van der Waals surface area contributed by atoms with Gasteiger partial charge >= 0.3 is 0 Å². The summed E-state index contributed by atoms with van der Waals surface area (Å²) in [5.41, 5.74) is 0. The van der Waals surface area contributed by atoms with Gasteiger partial charge in [0.05, 0.1) is 52.8 Å². The zero-order valence-electron chi connectivity index (χ0n) is 12.6. The molecule has 0 aromatic heterocycles. The molecule has 1 heterocycles. The van der Waals surface area contributed by atoms with Gasteiger partial charge in [-0.2, -0.15) is 0 Å². The van der Waals surface area contributed by atoms with Crippen LogP contribution in [0.15, 0.2) is 4.99 Å². The molecule has 118 valence electrons. The van der Waals surface area contributed by atoms with Crippen LogP contribution < -0.4 is 0 Å². The monoisotopic (exact) mass is 288 g/mol. The van der Waals surface area contributed by atoms with Gasteiger partial charge in [0.2, 0.25) is 0 Å². The molecule has 6 nitrogen and oxygen atoms in total. The Morgan fingerprint density at radius 2 is 1.80 bits per heavy atom. The van der Waals surface area contributed by atoms with Gasteiger partial charge in [-0.3, -0.25) is 9.89 Å². The van der Waals surface area contributed by atoms with Crippen molar-refractivity contribution in [3.63, 3.8) is 0 Å². The van der Waals surface area contributed by atoms with E-state index < -0.39 is 0 Å². The van der Waals surface area contributed by atoms with Crippen LogP contribution >= 0.6 is 0 Å². The fourth-order valence-electron chi connectivity index (χ4n) is 1.78. The molecule has 0 atom stereocenters. The van der Waals surface area contributed by atoms with Crippen LogP contribution in [-0.4, -0.2) is 90.1 Å². The lowest BCUT2D eigenvalue weighted by Crippen LogP contribution is -2.34. The highest BCUT2D eigenvalue weighted by molar-refractivity contribution is 5.58. The number of rotatable bonds is 4. The average Bonchev–Trinajstić information content (AvgIpc) is 2.47. The Labute approximate surface area is 122 Å². The van der Waals surface area contributed by atoms with Crippen LogP contribution in [0.1, 0.15) is 6.92 Å². The van der Waals surface area contributed by atoms with Gasteiger partial charge in [-0.15, -0.1) is 0 Å². The minimum atomic E-state index is 0.565. The van der Waals surface area contributed by atoms with E-state index in [9.17, 15) is 0 Å². The second-order valence-corrected chi connectivity index (χ2v) is 4.43. The van der Waals surface area contributed by atoms with E-state index in [2.05, 4.69) is 9.89 Å². The fourth-order valence-corrected chi connectivity index (χ4v) is 1.78. The molecule has 20 heavy (non-hydrogen) atoms. The van der Waals surface area contributed by atoms with Crippen LogP contribution in [0.2, 0.25) is 0 Å². The Morgan fingerprint density at radius 1 is 1.05 bits per heavy atom. The third-order valence-corrected chi connectivity index (χ3v) is 2.92. The molecule has 0 bridgehead atoms. The lowest BCUT2D eigenvalue weighted by molar-refractivity contribution is 0.0319. The summed E-state index contributed by atoms with van der Waals surface area (Å²) in [5, 5.41) is 0. The van der Waals surface area contributed by atoms with Crippen LogP contribution in [0.25, 0.3) is 0 Å². The van der Waals surface area contributed by atoms with Crippen LogP contribution in [0.4, 0.5) is 0 Å².